The van der Waals surface area contributed by atoms with E-state index in [0.717, 1.165) is 11.1 Å². The number of carbonyl (C=O) groups excluding carboxylic acids is 1. The molecule has 0 aliphatic carbocycles. The molecule has 1 heterocycles. The first-order valence-corrected chi connectivity index (χ1v) is 9.87. The number of carbonyl (C=O) groups is 1. The number of anilines is 1. The van der Waals surface area contributed by atoms with Gasteiger partial charge in [-0.3, -0.25) is 14.9 Å². The lowest BCUT2D eigenvalue weighted by atomic mass is 10.0. The molecule has 0 bridgehead atoms. The number of aromatic nitrogens is 1. The molecule has 0 aliphatic heterocycles. The van der Waals surface area contributed by atoms with E-state index >= 15 is 0 Å². The van der Waals surface area contributed by atoms with Crippen LogP contribution in [-0.2, 0) is 0 Å². The summed E-state index contributed by atoms with van der Waals surface area (Å²) in [6, 6.07) is 20.0. The van der Waals surface area contributed by atoms with E-state index in [4.69, 9.17) is 4.98 Å². The van der Waals surface area contributed by atoms with Crippen molar-refractivity contribution >= 4 is 28.2 Å². The van der Waals surface area contributed by atoms with Crippen molar-refractivity contribution in [3.05, 3.63) is 99.1 Å². The van der Waals surface area contributed by atoms with E-state index in [1.807, 2.05) is 50.2 Å². The molecule has 1 amide bonds. The number of nitrogens with zero attached hydrogens (tertiary/aromatic N) is 2. The minimum absolute atomic E-state index is 0.0341. The summed E-state index contributed by atoms with van der Waals surface area (Å²) in [5, 5.41) is 14.8. The third-order valence-corrected chi connectivity index (χ3v) is 5.43. The molecule has 0 unspecified atom stereocenters. The Kier molecular flexibility index (Phi) is 5.21. The van der Waals surface area contributed by atoms with Crippen LogP contribution in [0.3, 0.4) is 0 Å². The van der Waals surface area contributed by atoms with Crippen LogP contribution >= 0.6 is 0 Å². The molecule has 4 aromatic rings. The second kappa shape index (κ2) is 7.99. The Labute approximate surface area is 179 Å². The Morgan fingerprint density at radius 1 is 0.903 bits per heavy atom. The smallest absolute Gasteiger partial charge is 0.274 e. The minimum Gasteiger partial charge on any atom is -0.322 e. The van der Waals surface area contributed by atoms with Gasteiger partial charge in [0.2, 0.25) is 0 Å². The first-order chi connectivity index (χ1) is 14.8. The number of amides is 1. The highest BCUT2D eigenvalue weighted by Gasteiger charge is 2.17. The van der Waals surface area contributed by atoms with Gasteiger partial charge < -0.3 is 5.32 Å². The van der Waals surface area contributed by atoms with Crippen LogP contribution in [0.2, 0.25) is 0 Å². The van der Waals surface area contributed by atoms with Gasteiger partial charge in [0.05, 0.1) is 21.7 Å². The van der Waals surface area contributed by atoms with E-state index in [-0.39, 0.29) is 11.6 Å². The molecule has 4 rings (SSSR count). The van der Waals surface area contributed by atoms with E-state index in [1.165, 1.54) is 11.6 Å². The van der Waals surface area contributed by atoms with Crippen molar-refractivity contribution in [1.29, 1.82) is 0 Å². The quantitative estimate of drug-likeness (QED) is 0.330. The molecule has 0 saturated heterocycles. The second-order valence-corrected chi connectivity index (χ2v) is 7.58. The van der Waals surface area contributed by atoms with Crippen LogP contribution in [0.5, 0.6) is 0 Å². The molecule has 0 radical (unpaired) electrons. The molecule has 0 fully saturated rings. The van der Waals surface area contributed by atoms with Crippen LogP contribution in [0.25, 0.3) is 22.2 Å². The topological polar surface area (TPSA) is 85.1 Å². The van der Waals surface area contributed by atoms with Gasteiger partial charge in [0.25, 0.3) is 11.6 Å². The zero-order valence-corrected chi connectivity index (χ0v) is 17.5. The first kappa shape index (κ1) is 20.2. The van der Waals surface area contributed by atoms with E-state index in [9.17, 15) is 14.9 Å². The van der Waals surface area contributed by atoms with Crippen LogP contribution in [0.4, 0.5) is 11.4 Å². The highest BCUT2D eigenvalue weighted by Crippen LogP contribution is 2.28. The van der Waals surface area contributed by atoms with Gasteiger partial charge in [0.15, 0.2) is 0 Å². The minimum atomic E-state index is -0.454. The van der Waals surface area contributed by atoms with Crippen molar-refractivity contribution in [3.8, 4) is 11.3 Å². The molecule has 3 aromatic carbocycles. The van der Waals surface area contributed by atoms with Gasteiger partial charge in [-0.2, -0.15) is 0 Å². The Morgan fingerprint density at radius 3 is 2.39 bits per heavy atom. The van der Waals surface area contributed by atoms with Crippen molar-refractivity contribution in [2.75, 3.05) is 5.32 Å². The van der Waals surface area contributed by atoms with E-state index in [2.05, 4.69) is 11.4 Å². The molecule has 0 atom stereocenters. The van der Waals surface area contributed by atoms with Gasteiger partial charge in [-0.1, -0.05) is 36.4 Å². The molecule has 0 saturated carbocycles. The number of nitro groups is 1. The predicted octanol–water partition coefficient (Wildman–Crippen LogP) is 5.99. The predicted molar refractivity (Wildman–Crippen MR) is 122 cm³/mol. The number of rotatable bonds is 4. The normalized spacial score (nSPS) is 10.8. The fourth-order valence-corrected chi connectivity index (χ4v) is 3.49. The lowest BCUT2D eigenvalue weighted by molar-refractivity contribution is -0.385. The molecule has 6 nitrogen and oxygen atoms in total. The van der Waals surface area contributed by atoms with Crippen molar-refractivity contribution < 1.29 is 9.72 Å². The number of fused-ring (bicyclic) bond motifs is 1. The molecule has 154 valence electrons. The SMILES string of the molecule is Cc1ccc(-c2cc(C(=O)Nc3ccc(C)c([N+](=O)[O-])c3)c3ccccc3n2)cc1C. The summed E-state index contributed by atoms with van der Waals surface area (Å²) in [6.07, 6.45) is 0. The van der Waals surface area contributed by atoms with Crippen LogP contribution in [0.15, 0.2) is 66.7 Å². The molecule has 1 N–H and O–H groups in total. The number of hydrogen-bond acceptors (Lipinski definition) is 4. The zero-order chi connectivity index (χ0) is 22.1. The average Bonchev–Trinajstić information content (AvgIpc) is 2.76. The summed E-state index contributed by atoms with van der Waals surface area (Å²) in [4.78, 5) is 28.7. The maximum absolute atomic E-state index is 13.2. The highest BCUT2D eigenvalue weighted by molar-refractivity contribution is 6.13. The Bertz CT molecular complexity index is 1350. The summed E-state index contributed by atoms with van der Waals surface area (Å²) in [7, 11) is 0. The van der Waals surface area contributed by atoms with E-state index in [0.29, 0.717) is 33.4 Å². The van der Waals surface area contributed by atoms with Crippen molar-refractivity contribution in [2.24, 2.45) is 0 Å². The van der Waals surface area contributed by atoms with Gasteiger partial charge >= 0.3 is 0 Å². The molecule has 31 heavy (non-hydrogen) atoms. The maximum Gasteiger partial charge on any atom is 0.274 e. The van der Waals surface area contributed by atoms with E-state index in [1.54, 1.807) is 25.1 Å². The number of pyridine rings is 1. The number of nitrogens with one attached hydrogen (secondary N) is 1. The summed E-state index contributed by atoms with van der Waals surface area (Å²) < 4.78 is 0. The lowest BCUT2D eigenvalue weighted by Gasteiger charge is -2.12. The number of benzene rings is 3. The van der Waals surface area contributed by atoms with Gasteiger partial charge in [-0.05, 0) is 56.2 Å². The Hall–Kier alpha value is -4.06. The monoisotopic (exact) mass is 411 g/mol. The van der Waals surface area contributed by atoms with Crippen molar-refractivity contribution in [1.82, 2.24) is 4.98 Å². The van der Waals surface area contributed by atoms with Crippen molar-refractivity contribution in [2.45, 2.75) is 20.8 Å². The summed E-state index contributed by atoms with van der Waals surface area (Å²) in [5.74, 6) is -0.346. The Morgan fingerprint density at radius 2 is 1.65 bits per heavy atom. The zero-order valence-electron chi connectivity index (χ0n) is 17.5. The third-order valence-electron chi connectivity index (χ3n) is 5.43. The van der Waals surface area contributed by atoms with Gasteiger partial charge in [0.1, 0.15) is 0 Å². The maximum atomic E-state index is 13.2. The fourth-order valence-electron chi connectivity index (χ4n) is 3.49. The van der Waals surface area contributed by atoms with Gasteiger partial charge in [0, 0.05) is 28.3 Å². The highest BCUT2D eigenvalue weighted by atomic mass is 16.6. The summed E-state index contributed by atoms with van der Waals surface area (Å²) in [5.41, 5.74) is 5.99. The molecular formula is C25H21N3O3. The van der Waals surface area contributed by atoms with Crippen LogP contribution in [-0.4, -0.2) is 15.8 Å². The molecule has 6 heteroatoms. The fraction of sp³-hybridized carbons (Fsp3) is 0.120. The molecular weight excluding hydrogens is 390 g/mol. The van der Waals surface area contributed by atoms with Crippen LogP contribution in [0, 0.1) is 30.9 Å². The van der Waals surface area contributed by atoms with Crippen LogP contribution in [0.1, 0.15) is 27.0 Å². The van der Waals surface area contributed by atoms with E-state index < -0.39 is 4.92 Å². The number of aryl methyl sites for hydroxylation is 3. The standard InChI is InChI=1S/C25H21N3O3/c1-15-8-10-18(12-17(15)3)23-14-21(20-6-4-5-7-22(20)27-23)25(29)26-19-11-9-16(2)24(13-19)28(30)31/h4-14H,1-3H3,(H,26,29). The third kappa shape index (κ3) is 4.00. The van der Waals surface area contributed by atoms with Gasteiger partial charge in [-0.25, -0.2) is 4.98 Å². The summed E-state index contributed by atoms with van der Waals surface area (Å²) in [6.45, 7) is 5.75. The van der Waals surface area contributed by atoms with Crippen LogP contribution < -0.4 is 5.32 Å². The number of hydrogen-bond donors (Lipinski definition) is 1. The average molecular weight is 411 g/mol. The molecule has 0 aliphatic rings. The summed E-state index contributed by atoms with van der Waals surface area (Å²) >= 11 is 0. The largest absolute Gasteiger partial charge is 0.322 e. The first-order valence-electron chi connectivity index (χ1n) is 9.87. The lowest BCUT2D eigenvalue weighted by Crippen LogP contribution is -2.13. The molecule has 0 spiro atoms. The Balaban J connectivity index is 1.79. The number of nitro benzene ring substituents is 1. The number of para-hydroxylation sites is 1. The second-order valence-electron chi connectivity index (χ2n) is 7.58. The van der Waals surface area contributed by atoms with Gasteiger partial charge in [-0.15, -0.1) is 0 Å². The molecule has 1 aromatic heterocycles. The van der Waals surface area contributed by atoms with Crippen molar-refractivity contribution in [3.63, 3.8) is 0 Å².